The quantitative estimate of drug-likeness (QED) is 0.748. The number of halogens is 3. The third-order valence-electron chi connectivity index (χ3n) is 4.85. The molecule has 7 heteroatoms. The number of alkyl halides is 3. The number of hydrogen-bond donors (Lipinski definition) is 1. The lowest BCUT2D eigenvalue weighted by Crippen LogP contribution is -2.26. The van der Waals surface area contributed by atoms with Crippen LogP contribution in [-0.4, -0.2) is 20.9 Å². The molecule has 1 aromatic carbocycles. The molecule has 0 amide bonds. The molecule has 154 valence electrons. The predicted molar refractivity (Wildman–Crippen MR) is 102 cm³/mol. The number of carboxylic acid groups (broad SMARTS) is 1. The monoisotopic (exact) mass is 396 g/mol. The van der Waals surface area contributed by atoms with E-state index in [1.807, 2.05) is 13.8 Å². The highest BCUT2D eigenvalue weighted by atomic mass is 19.4. The van der Waals surface area contributed by atoms with Gasteiger partial charge < -0.3 is 5.11 Å². The van der Waals surface area contributed by atoms with Gasteiger partial charge in [0.25, 0.3) is 0 Å². The van der Waals surface area contributed by atoms with Gasteiger partial charge in [-0.2, -0.15) is 18.3 Å². The zero-order chi connectivity index (χ0) is 21.1. The van der Waals surface area contributed by atoms with E-state index in [0.29, 0.717) is 36.2 Å². The Labute approximate surface area is 163 Å². The highest BCUT2D eigenvalue weighted by Crippen LogP contribution is 2.36. The van der Waals surface area contributed by atoms with E-state index in [2.05, 4.69) is 5.10 Å². The molecule has 4 nitrogen and oxygen atoms in total. The SMILES string of the molecule is CC.CC(C)(Cc1ccc(-n2nc(C(F)(F)F)c3c2CCCC3)cc1)C(=O)O. The second kappa shape index (κ2) is 8.37. The van der Waals surface area contributed by atoms with Crippen LogP contribution in [0.4, 0.5) is 13.2 Å². The molecular formula is C21H27F3N2O2. The summed E-state index contributed by atoms with van der Waals surface area (Å²) in [6.45, 7) is 7.28. The molecular weight excluding hydrogens is 369 g/mol. The van der Waals surface area contributed by atoms with Crippen LogP contribution in [0.3, 0.4) is 0 Å². The zero-order valence-corrected chi connectivity index (χ0v) is 16.7. The summed E-state index contributed by atoms with van der Waals surface area (Å²) in [5.41, 5.74) is 0.620. The topological polar surface area (TPSA) is 55.1 Å². The molecule has 1 aromatic heterocycles. The van der Waals surface area contributed by atoms with Crippen molar-refractivity contribution < 1.29 is 23.1 Å². The number of nitrogens with zero attached hydrogens (tertiary/aromatic N) is 2. The van der Waals surface area contributed by atoms with Crippen molar-refractivity contribution in [2.24, 2.45) is 5.41 Å². The number of carbonyl (C=O) groups is 1. The minimum absolute atomic E-state index is 0.305. The molecule has 0 saturated carbocycles. The fourth-order valence-corrected chi connectivity index (χ4v) is 3.38. The smallest absolute Gasteiger partial charge is 0.435 e. The lowest BCUT2D eigenvalue weighted by atomic mass is 9.86. The number of carboxylic acids is 1. The lowest BCUT2D eigenvalue weighted by Gasteiger charge is -2.19. The summed E-state index contributed by atoms with van der Waals surface area (Å²) in [6.07, 6.45) is -1.56. The minimum Gasteiger partial charge on any atom is -0.481 e. The fourth-order valence-electron chi connectivity index (χ4n) is 3.38. The number of benzene rings is 1. The normalized spacial score (nSPS) is 14.1. The molecule has 0 radical (unpaired) electrons. The predicted octanol–water partition coefficient (Wildman–Crippen LogP) is 5.45. The van der Waals surface area contributed by atoms with Gasteiger partial charge in [-0.25, -0.2) is 4.68 Å². The van der Waals surface area contributed by atoms with Crippen LogP contribution in [0.15, 0.2) is 24.3 Å². The van der Waals surface area contributed by atoms with Crippen LogP contribution in [0.2, 0.25) is 0 Å². The molecule has 0 fully saturated rings. The van der Waals surface area contributed by atoms with Crippen molar-refractivity contribution in [3.05, 3.63) is 46.8 Å². The molecule has 1 N–H and O–H groups in total. The molecule has 1 aliphatic rings. The maximum absolute atomic E-state index is 13.3. The van der Waals surface area contributed by atoms with Crippen molar-refractivity contribution >= 4 is 5.97 Å². The average Bonchev–Trinajstić information content (AvgIpc) is 3.04. The first-order valence-electron chi connectivity index (χ1n) is 9.60. The van der Waals surface area contributed by atoms with Gasteiger partial charge in [-0.3, -0.25) is 4.79 Å². The third kappa shape index (κ3) is 4.56. The summed E-state index contributed by atoms with van der Waals surface area (Å²) >= 11 is 0. The maximum atomic E-state index is 13.3. The Morgan fingerprint density at radius 1 is 1.11 bits per heavy atom. The molecule has 0 saturated heterocycles. The Morgan fingerprint density at radius 3 is 2.21 bits per heavy atom. The van der Waals surface area contributed by atoms with Crippen molar-refractivity contribution in [1.29, 1.82) is 0 Å². The van der Waals surface area contributed by atoms with Crippen LogP contribution in [-0.2, 0) is 30.2 Å². The minimum atomic E-state index is -4.46. The van der Waals surface area contributed by atoms with E-state index in [1.165, 1.54) is 4.68 Å². The molecule has 0 unspecified atom stereocenters. The highest BCUT2D eigenvalue weighted by Gasteiger charge is 2.39. The van der Waals surface area contributed by atoms with Gasteiger partial charge in [0.15, 0.2) is 5.69 Å². The summed E-state index contributed by atoms with van der Waals surface area (Å²) in [6, 6.07) is 6.92. The van der Waals surface area contributed by atoms with Crippen molar-refractivity contribution in [2.75, 3.05) is 0 Å². The standard InChI is InChI=1S/C19H21F3N2O2.C2H6/c1-18(2,17(25)26)11-12-7-9-13(10-8-12)24-15-6-4-3-5-14(15)16(23-24)19(20,21)22;1-2/h7-10H,3-6,11H2,1-2H3,(H,25,26);1-2H3. The van der Waals surface area contributed by atoms with Gasteiger partial charge in [-0.05, 0) is 63.6 Å². The van der Waals surface area contributed by atoms with E-state index in [0.717, 1.165) is 18.4 Å². The van der Waals surface area contributed by atoms with Crippen molar-refractivity contribution in [3.63, 3.8) is 0 Å². The molecule has 1 aliphatic carbocycles. The first-order valence-corrected chi connectivity index (χ1v) is 9.60. The van der Waals surface area contributed by atoms with E-state index >= 15 is 0 Å². The first kappa shape index (κ1) is 22.0. The Hall–Kier alpha value is -2.31. The second-order valence-corrected chi connectivity index (χ2v) is 7.42. The van der Waals surface area contributed by atoms with E-state index in [-0.39, 0.29) is 0 Å². The largest absolute Gasteiger partial charge is 0.481 e. The zero-order valence-electron chi connectivity index (χ0n) is 16.7. The van der Waals surface area contributed by atoms with Crippen LogP contribution in [0.25, 0.3) is 5.69 Å². The number of aromatic nitrogens is 2. The maximum Gasteiger partial charge on any atom is 0.435 e. The highest BCUT2D eigenvalue weighted by molar-refractivity contribution is 5.74. The van der Waals surface area contributed by atoms with Crippen LogP contribution in [0, 0.1) is 5.41 Å². The number of aliphatic carboxylic acids is 1. The van der Waals surface area contributed by atoms with Crippen molar-refractivity contribution in [3.8, 4) is 5.69 Å². The lowest BCUT2D eigenvalue weighted by molar-refractivity contribution is -0.146. The Kier molecular flexibility index (Phi) is 6.57. The number of hydrogen-bond acceptors (Lipinski definition) is 2. The Balaban J connectivity index is 0.00000136. The Bertz CT molecular complexity index is 821. The molecule has 1 heterocycles. The van der Waals surface area contributed by atoms with Crippen LogP contribution in [0.1, 0.15) is 63.1 Å². The molecule has 2 aromatic rings. The third-order valence-corrected chi connectivity index (χ3v) is 4.85. The van der Waals surface area contributed by atoms with Crippen LogP contribution < -0.4 is 0 Å². The van der Waals surface area contributed by atoms with Gasteiger partial charge in [0.05, 0.1) is 11.1 Å². The van der Waals surface area contributed by atoms with Gasteiger partial charge in [0.2, 0.25) is 0 Å². The molecule has 0 bridgehead atoms. The van der Waals surface area contributed by atoms with Gasteiger partial charge in [-0.15, -0.1) is 0 Å². The molecule has 0 atom stereocenters. The molecule has 3 rings (SSSR count). The van der Waals surface area contributed by atoms with Crippen LogP contribution in [0.5, 0.6) is 0 Å². The summed E-state index contributed by atoms with van der Waals surface area (Å²) in [7, 11) is 0. The van der Waals surface area contributed by atoms with E-state index in [9.17, 15) is 23.1 Å². The summed E-state index contributed by atoms with van der Waals surface area (Å²) < 4.78 is 41.3. The van der Waals surface area contributed by atoms with Crippen molar-refractivity contribution in [2.45, 2.75) is 66.0 Å². The number of fused-ring (bicyclic) bond motifs is 1. The number of rotatable bonds is 4. The Morgan fingerprint density at radius 2 is 1.68 bits per heavy atom. The fraction of sp³-hybridized carbons (Fsp3) is 0.524. The molecule has 0 aliphatic heterocycles. The van der Waals surface area contributed by atoms with Gasteiger partial charge in [0.1, 0.15) is 0 Å². The van der Waals surface area contributed by atoms with E-state index in [1.54, 1.807) is 38.1 Å². The summed E-state index contributed by atoms with van der Waals surface area (Å²) in [5.74, 6) is -0.891. The van der Waals surface area contributed by atoms with Gasteiger partial charge in [0, 0.05) is 11.3 Å². The van der Waals surface area contributed by atoms with Gasteiger partial charge >= 0.3 is 12.1 Å². The molecule has 0 spiro atoms. The second-order valence-electron chi connectivity index (χ2n) is 7.42. The average molecular weight is 396 g/mol. The molecule has 28 heavy (non-hydrogen) atoms. The van der Waals surface area contributed by atoms with E-state index < -0.39 is 23.3 Å². The first-order chi connectivity index (χ1) is 13.1. The summed E-state index contributed by atoms with van der Waals surface area (Å²) in [5, 5.41) is 13.1. The van der Waals surface area contributed by atoms with E-state index in [4.69, 9.17) is 0 Å². The van der Waals surface area contributed by atoms with Crippen LogP contribution >= 0.6 is 0 Å². The van der Waals surface area contributed by atoms with Gasteiger partial charge in [-0.1, -0.05) is 26.0 Å². The summed E-state index contributed by atoms with van der Waals surface area (Å²) in [4.78, 5) is 11.3. The van der Waals surface area contributed by atoms with Crippen molar-refractivity contribution in [1.82, 2.24) is 9.78 Å².